The number of nitrogens with one attached hydrogen (secondary N) is 1. The van der Waals surface area contributed by atoms with E-state index in [1.54, 1.807) is 26.0 Å². The van der Waals surface area contributed by atoms with Gasteiger partial charge >= 0.3 is 0 Å². The van der Waals surface area contributed by atoms with E-state index >= 15 is 8.78 Å². The first kappa shape index (κ1) is 22.7. The number of rotatable bonds is 6. The number of hydrogen-bond donors (Lipinski definition) is 2. The highest BCUT2D eigenvalue weighted by Gasteiger charge is 2.22. The molecule has 4 rings (SSSR count). The van der Waals surface area contributed by atoms with Gasteiger partial charge in [-0.1, -0.05) is 6.07 Å². The van der Waals surface area contributed by atoms with Gasteiger partial charge in [0.05, 0.1) is 23.3 Å². The minimum Gasteiger partial charge on any atom is -0.363 e. The van der Waals surface area contributed by atoms with E-state index in [1.165, 1.54) is 40.8 Å². The Hall–Kier alpha value is -4.48. The Bertz CT molecular complexity index is 1410. The summed E-state index contributed by atoms with van der Waals surface area (Å²) in [5.41, 5.74) is 6.78. The molecular formula is C22H20F2N8O2. The topological polar surface area (TPSA) is 134 Å². The lowest BCUT2D eigenvalue weighted by Crippen LogP contribution is -2.20. The Morgan fingerprint density at radius 2 is 1.74 bits per heavy atom. The lowest BCUT2D eigenvalue weighted by Gasteiger charge is -2.09. The molecule has 0 bridgehead atoms. The van der Waals surface area contributed by atoms with Crippen molar-refractivity contribution < 1.29 is 18.4 Å². The maximum Gasteiger partial charge on any atom is 0.284 e. The average Bonchev–Trinajstić information content (AvgIpc) is 3.34. The van der Waals surface area contributed by atoms with E-state index in [9.17, 15) is 9.59 Å². The molecule has 174 valence electrons. The zero-order valence-electron chi connectivity index (χ0n) is 18.5. The molecule has 34 heavy (non-hydrogen) atoms. The van der Waals surface area contributed by atoms with Crippen molar-refractivity contribution in [2.45, 2.75) is 20.4 Å². The molecule has 0 aliphatic carbocycles. The van der Waals surface area contributed by atoms with Gasteiger partial charge in [-0.2, -0.15) is 10.2 Å². The van der Waals surface area contributed by atoms with E-state index in [1.807, 2.05) is 0 Å². The van der Waals surface area contributed by atoms with Gasteiger partial charge in [0.1, 0.15) is 6.54 Å². The molecule has 10 nitrogen and oxygen atoms in total. The van der Waals surface area contributed by atoms with Crippen LogP contribution in [0.1, 0.15) is 22.0 Å². The van der Waals surface area contributed by atoms with Crippen LogP contribution in [-0.2, 0) is 18.4 Å². The quantitative estimate of drug-likeness (QED) is 0.448. The van der Waals surface area contributed by atoms with Crippen molar-refractivity contribution in [2.75, 3.05) is 5.32 Å². The Labute approximate surface area is 192 Å². The van der Waals surface area contributed by atoms with Gasteiger partial charge in [0.2, 0.25) is 5.91 Å². The van der Waals surface area contributed by atoms with Crippen LogP contribution in [0.5, 0.6) is 0 Å². The zero-order valence-corrected chi connectivity index (χ0v) is 18.5. The normalized spacial score (nSPS) is 11.0. The fourth-order valence-electron chi connectivity index (χ4n) is 3.50. The first-order valence-electron chi connectivity index (χ1n) is 10.1. The van der Waals surface area contributed by atoms with Gasteiger partial charge in [-0.3, -0.25) is 14.3 Å². The van der Waals surface area contributed by atoms with Crippen LogP contribution in [0.3, 0.4) is 0 Å². The number of nitrogens with two attached hydrogens (primary N) is 1. The third kappa shape index (κ3) is 4.25. The Morgan fingerprint density at radius 3 is 2.38 bits per heavy atom. The maximum absolute atomic E-state index is 15.1. The first-order chi connectivity index (χ1) is 16.2. The summed E-state index contributed by atoms with van der Waals surface area (Å²) >= 11 is 0. The Kier molecular flexibility index (Phi) is 5.88. The fraction of sp³-hybridized carbons (Fsp3) is 0.182. The van der Waals surface area contributed by atoms with Crippen molar-refractivity contribution in [1.29, 1.82) is 0 Å². The highest BCUT2D eigenvalue weighted by Crippen LogP contribution is 2.32. The molecule has 0 spiro atoms. The number of benzene rings is 1. The molecular weight excluding hydrogens is 446 g/mol. The van der Waals surface area contributed by atoms with Gasteiger partial charge < -0.3 is 15.6 Å². The zero-order chi connectivity index (χ0) is 24.6. The summed E-state index contributed by atoms with van der Waals surface area (Å²) in [6.07, 6.45) is 2.71. The SMILES string of the molecule is Cc1ccc(NC(=O)Cn2cc(-c3ccc(-c4cnc(C(N)=O)n4C)c(F)c3F)c(C)n2)nn1. The third-order valence-electron chi connectivity index (χ3n) is 5.17. The maximum atomic E-state index is 15.1. The van der Waals surface area contributed by atoms with E-state index in [0.29, 0.717) is 17.0 Å². The number of halogens is 2. The van der Waals surface area contributed by atoms with Crippen molar-refractivity contribution >= 4 is 17.6 Å². The molecule has 0 saturated heterocycles. The van der Waals surface area contributed by atoms with Gasteiger partial charge in [0.25, 0.3) is 5.91 Å². The van der Waals surface area contributed by atoms with E-state index in [-0.39, 0.29) is 35.0 Å². The molecule has 3 N–H and O–H groups in total. The predicted molar refractivity (Wildman–Crippen MR) is 118 cm³/mol. The molecule has 0 unspecified atom stereocenters. The standard InChI is InChI=1S/C22H20F2N8O2/c1-11-4-7-17(29-28-11)27-18(33)10-32-9-15(12(2)30-32)13-5-6-14(20(24)19(13)23)16-8-26-22(21(25)34)31(16)3/h4-9H,10H2,1-3H3,(H2,25,34)(H,27,29,33). The minimum absolute atomic E-state index is 0.0212. The number of carbonyl (C=O) groups is 2. The first-order valence-corrected chi connectivity index (χ1v) is 10.1. The second kappa shape index (κ2) is 8.81. The van der Waals surface area contributed by atoms with Gasteiger partial charge in [-0.25, -0.2) is 13.8 Å². The van der Waals surface area contributed by atoms with Gasteiger partial charge in [-0.05, 0) is 32.0 Å². The number of anilines is 1. The molecule has 0 atom stereocenters. The monoisotopic (exact) mass is 466 g/mol. The molecule has 12 heteroatoms. The third-order valence-corrected chi connectivity index (χ3v) is 5.17. The molecule has 0 saturated carbocycles. The van der Waals surface area contributed by atoms with Crippen molar-refractivity contribution in [3.63, 3.8) is 0 Å². The fourth-order valence-corrected chi connectivity index (χ4v) is 3.50. The Balaban J connectivity index is 1.59. The van der Waals surface area contributed by atoms with Crippen LogP contribution in [0, 0.1) is 25.5 Å². The summed E-state index contributed by atoms with van der Waals surface area (Å²) in [6.45, 7) is 3.24. The molecule has 2 amide bonds. The molecule has 0 fully saturated rings. The van der Waals surface area contributed by atoms with Crippen LogP contribution < -0.4 is 11.1 Å². The molecule has 0 aliphatic rings. The summed E-state index contributed by atoms with van der Waals surface area (Å²) in [7, 11) is 1.48. The predicted octanol–water partition coefficient (Wildman–Crippen LogP) is 2.37. The van der Waals surface area contributed by atoms with Crippen molar-refractivity contribution in [3.8, 4) is 22.4 Å². The van der Waals surface area contributed by atoms with Crippen LogP contribution >= 0.6 is 0 Å². The van der Waals surface area contributed by atoms with E-state index in [2.05, 4.69) is 25.6 Å². The van der Waals surface area contributed by atoms with Crippen LogP contribution in [0.2, 0.25) is 0 Å². The lowest BCUT2D eigenvalue weighted by molar-refractivity contribution is -0.116. The Morgan fingerprint density at radius 1 is 1.03 bits per heavy atom. The van der Waals surface area contributed by atoms with Crippen LogP contribution in [0.15, 0.2) is 36.7 Å². The second-order valence-corrected chi connectivity index (χ2v) is 7.61. The van der Waals surface area contributed by atoms with Crippen LogP contribution in [-0.4, -0.2) is 41.3 Å². The summed E-state index contributed by atoms with van der Waals surface area (Å²) < 4.78 is 32.7. The number of nitrogens with zero attached hydrogens (tertiary/aromatic N) is 6. The number of aromatic nitrogens is 6. The number of primary amides is 1. The van der Waals surface area contributed by atoms with E-state index < -0.39 is 23.4 Å². The summed E-state index contributed by atoms with van der Waals surface area (Å²) in [5.74, 6) is -3.19. The molecule has 1 aromatic carbocycles. The van der Waals surface area contributed by atoms with Gasteiger partial charge in [0.15, 0.2) is 23.3 Å². The van der Waals surface area contributed by atoms with Gasteiger partial charge in [0, 0.05) is 29.9 Å². The number of aryl methyl sites for hydroxylation is 2. The van der Waals surface area contributed by atoms with Crippen LogP contribution in [0.25, 0.3) is 22.4 Å². The molecule has 4 aromatic rings. The smallest absolute Gasteiger partial charge is 0.284 e. The van der Waals surface area contributed by atoms with E-state index in [0.717, 1.165) is 0 Å². The van der Waals surface area contributed by atoms with Gasteiger partial charge in [-0.15, -0.1) is 5.10 Å². The molecule has 3 aromatic heterocycles. The lowest BCUT2D eigenvalue weighted by atomic mass is 10.0. The molecule has 0 radical (unpaired) electrons. The highest BCUT2D eigenvalue weighted by atomic mass is 19.2. The number of carbonyl (C=O) groups excluding carboxylic acids is 2. The van der Waals surface area contributed by atoms with Crippen molar-refractivity contribution in [1.82, 2.24) is 29.5 Å². The van der Waals surface area contributed by atoms with Crippen molar-refractivity contribution in [2.24, 2.45) is 12.8 Å². The van der Waals surface area contributed by atoms with Crippen LogP contribution in [0.4, 0.5) is 14.6 Å². The molecule has 0 aliphatic heterocycles. The largest absolute Gasteiger partial charge is 0.363 e. The van der Waals surface area contributed by atoms with E-state index in [4.69, 9.17) is 5.73 Å². The number of amides is 2. The van der Waals surface area contributed by atoms with Crippen molar-refractivity contribution in [3.05, 3.63) is 65.5 Å². The average molecular weight is 466 g/mol. The number of imidazole rings is 1. The number of hydrogen-bond acceptors (Lipinski definition) is 6. The summed E-state index contributed by atoms with van der Waals surface area (Å²) in [5, 5.41) is 14.6. The molecule has 3 heterocycles. The minimum atomic E-state index is -1.11. The summed E-state index contributed by atoms with van der Waals surface area (Å²) in [4.78, 5) is 27.6. The summed E-state index contributed by atoms with van der Waals surface area (Å²) in [6, 6.07) is 6.12. The highest BCUT2D eigenvalue weighted by molar-refractivity contribution is 5.90. The second-order valence-electron chi connectivity index (χ2n) is 7.61.